The first-order valence-electron chi connectivity index (χ1n) is 19.9. The lowest BCUT2D eigenvalue weighted by Crippen LogP contribution is -2.33. The van der Waals surface area contributed by atoms with E-state index in [0.29, 0.717) is 100.0 Å². The Labute approximate surface area is 362 Å². The second-order valence-corrected chi connectivity index (χ2v) is 14.8. The predicted octanol–water partition coefficient (Wildman–Crippen LogP) is 7.72. The molecule has 15 heteroatoms. The highest BCUT2D eigenvalue weighted by atomic mass is 35.5. The second-order valence-electron chi connectivity index (χ2n) is 14.8. The number of rotatable bonds is 14. The van der Waals surface area contributed by atoms with Crippen LogP contribution in [0.4, 0.5) is 15.8 Å². The molecule has 0 saturated carbocycles. The molecule has 318 valence electrons. The molecule has 1 unspecified atom stereocenters. The molecule has 0 aliphatic carbocycles. The van der Waals surface area contributed by atoms with Gasteiger partial charge in [0.05, 0.1) is 53.4 Å². The summed E-state index contributed by atoms with van der Waals surface area (Å²) in [5.41, 5.74) is 6.82. The van der Waals surface area contributed by atoms with Crippen molar-refractivity contribution in [3.8, 4) is 5.75 Å². The van der Waals surface area contributed by atoms with Gasteiger partial charge in [-0.1, -0.05) is 30.3 Å². The van der Waals surface area contributed by atoms with E-state index in [9.17, 15) is 23.6 Å². The predicted molar refractivity (Wildman–Crippen MR) is 239 cm³/mol. The number of amides is 2. The van der Waals surface area contributed by atoms with Gasteiger partial charge in [-0.3, -0.25) is 14.6 Å². The molecule has 0 fully saturated rings. The highest BCUT2D eigenvalue weighted by molar-refractivity contribution is 6.35. The van der Waals surface area contributed by atoms with Gasteiger partial charge in [-0.05, 0) is 111 Å². The van der Waals surface area contributed by atoms with Crippen LogP contribution in [0.15, 0.2) is 111 Å². The number of H-pyrrole nitrogens is 1. The molecule has 4 aromatic carbocycles. The van der Waals surface area contributed by atoms with Crippen molar-refractivity contribution in [3.63, 3.8) is 0 Å². The number of anilines is 2. The Balaban J connectivity index is 0.00000578. The van der Waals surface area contributed by atoms with Gasteiger partial charge in [0, 0.05) is 47.5 Å². The minimum absolute atomic E-state index is 0. The number of ether oxygens (including phenoxy) is 2. The Morgan fingerprint density at radius 3 is 2.52 bits per heavy atom. The first kappa shape index (κ1) is 43.1. The van der Waals surface area contributed by atoms with Gasteiger partial charge in [-0.2, -0.15) is 5.10 Å². The minimum Gasteiger partial charge on any atom is -0.497 e. The fourth-order valence-electron chi connectivity index (χ4n) is 7.66. The smallest absolute Gasteiger partial charge is 0.345 e. The van der Waals surface area contributed by atoms with Crippen molar-refractivity contribution in [3.05, 3.63) is 158 Å². The van der Waals surface area contributed by atoms with Crippen molar-refractivity contribution < 1.29 is 32.7 Å². The van der Waals surface area contributed by atoms with Crippen LogP contribution >= 0.6 is 12.4 Å². The number of hydrazone groups is 1. The van der Waals surface area contributed by atoms with Crippen LogP contribution in [0.1, 0.15) is 73.2 Å². The summed E-state index contributed by atoms with van der Waals surface area (Å²) < 4.78 is 30.5. The van der Waals surface area contributed by atoms with Gasteiger partial charge < -0.3 is 34.8 Å². The number of benzene rings is 4. The number of halogens is 2. The summed E-state index contributed by atoms with van der Waals surface area (Å²) in [6.07, 6.45) is 2.66. The Hall–Kier alpha value is -7.03. The summed E-state index contributed by atoms with van der Waals surface area (Å²) in [4.78, 5) is 55.0. The van der Waals surface area contributed by atoms with E-state index in [-0.39, 0.29) is 36.9 Å². The van der Waals surface area contributed by atoms with Gasteiger partial charge in [-0.15, -0.1) is 12.4 Å². The molecule has 0 spiro atoms. The highest BCUT2D eigenvalue weighted by Crippen LogP contribution is 2.37. The van der Waals surface area contributed by atoms with E-state index in [1.54, 1.807) is 57.4 Å². The SMILES string of the molecule is COc1ccc2oc(=O)c(C3=NN(c4ccc(C(=O)OCCCNCCNC(=O)c5c(C)[nH]c(/C=C6\C(=O)Nc7ccc(F)cc76)c5C)cc4)C(c4ccccc4)C3)cc2c1.Cl. The van der Waals surface area contributed by atoms with E-state index in [1.807, 2.05) is 53.5 Å². The normalized spacial score (nSPS) is 14.9. The molecule has 0 radical (unpaired) electrons. The number of aromatic amines is 1. The zero-order chi connectivity index (χ0) is 42.6. The van der Waals surface area contributed by atoms with Gasteiger partial charge in [0.15, 0.2) is 0 Å². The average Bonchev–Trinajstić information content (AvgIpc) is 3.93. The maximum absolute atomic E-state index is 13.9. The van der Waals surface area contributed by atoms with Crippen LogP contribution in [0.5, 0.6) is 5.75 Å². The number of nitrogens with one attached hydrogen (secondary N) is 4. The van der Waals surface area contributed by atoms with E-state index < -0.39 is 17.4 Å². The number of hydrogen-bond donors (Lipinski definition) is 4. The topological polar surface area (TPSA) is 167 Å². The quantitative estimate of drug-likeness (QED) is 0.0371. The standard InChI is InChI=1S/C47H43FN6O7.ClH/c1-27-39(25-36-35-24-32(48)12-16-38(35)52-44(36)55)51-28(2)43(27)45(56)50-20-19-49-18-7-21-60-46(57)30-10-13-33(14-11-30)54-41(29-8-5-4-6-9-29)26-40(53-54)37-23-31-22-34(59-3)15-17-42(31)61-47(37)58;/h4-6,8-17,22-25,41,49,51H,7,18-21,26H2,1-3H3,(H,50,56)(H,52,55);1H/b36-25-;. The number of carbonyl (C=O) groups is 3. The minimum atomic E-state index is -0.474. The summed E-state index contributed by atoms with van der Waals surface area (Å²) in [6, 6.07) is 27.9. The lowest BCUT2D eigenvalue weighted by atomic mass is 9.98. The van der Waals surface area contributed by atoms with Crippen molar-refractivity contribution in [1.82, 2.24) is 15.6 Å². The Morgan fingerprint density at radius 2 is 1.74 bits per heavy atom. The van der Waals surface area contributed by atoms with Crippen molar-refractivity contribution >= 4 is 69.9 Å². The summed E-state index contributed by atoms with van der Waals surface area (Å²) in [6.45, 7) is 5.20. The molecule has 4 N–H and O–H groups in total. The number of aromatic nitrogens is 1. The Kier molecular flexibility index (Phi) is 13.0. The van der Waals surface area contributed by atoms with Crippen LogP contribution in [0.25, 0.3) is 22.6 Å². The summed E-state index contributed by atoms with van der Waals surface area (Å²) in [7, 11) is 1.58. The van der Waals surface area contributed by atoms with Gasteiger partial charge in [-0.25, -0.2) is 14.0 Å². The number of carbonyl (C=O) groups excluding carboxylic acids is 3. The first-order valence-corrected chi connectivity index (χ1v) is 19.9. The van der Waals surface area contributed by atoms with Crippen LogP contribution in [0.2, 0.25) is 0 Å². The lowest BCUT2D eigenvalue weighted by molar-refractivity contribution is -0.110. The van der Waals surface area contributed by atoms with Crippen LogP contribution in [-0.4, -0.2) is 61.8 Å². The van der Waals surface area contributed by atoms with Crippen LogP contribution in [0, 0.1) is 19.7 Å². The number of nitrogens with zero attached hydrogens (tertiary/aromatic N) is 2. The molecule has 1 atom stereocenters. The van der Waals surface area contributed by atoms with Crippen LogP contribution in [0.3, 0.4) is 0 Å². The molecule has 8 rings (SSSR count). The monoisotopic (exact) mass is 858 g/mol. The van der Waals surface area contributed by atoms with E-state index in [0.717, 1.165) is 16.6 Å². The third kappa shape index (κ3) is 9.02. The highest BCUT2D eigenvalue weighted by Gasteiger charge is 2.32. The summed E-state index contributed by atoms with van der Waals surface area (Å²) >= 11 is 0. The van der Waals surface area contributed by atoms with Crippen LogP contribution < -0.4 is 31.3 Å². The molecule has 4 heterocycles. The van der Waals surface area contributed by atoms with Crippen molar-refractivity contribution in [2.24, 2.45) is 5.10 Å². The Morgan fingerprint density at radius 1 is 0.952 bits per heavy atom. The van der Waals surface area contributed by atoms with Gasteiger partial charge in [0.2, 0.25) is 0 Å². The molecule has 2 aliphatic heterocycles. The third-order valence-electron chi connectivity index (χ3n) is 10.8. The maximum atomic E-state index is 13.9. The molecule has 0 saturated heterocycles. The van der Waals surface area contributed by atoms with Crippen molar-refractivity contribution in [1.29, 1.82) is 0 Å². The van der Waals surface area contributed by atoms with Crippen LogP contribution in [-0.2, 0) is 9.53 Å². The number of aryl methyl sites for hydroxylation is 1. The largest absolute Gasteiger partial charge is 0.497 e. The number of methoxy groups -OCH3 is 1. The second kappa shape index (κ2) is 18.7. The molecule has 2 aliphatic rings. The van der Waals surface area contributed by atoms with Crippen molar-refractivity contribution in [2.75, 3.05) is 43.7 Å². The molecular weight excluding hydrogens is 815 g/mol. The van der Waals surface area contributed by atoms with Crippen molar-refractivity contribution in [2.45, 2.75) is 32.7 Å². The van der Waals surface area contributed by atoms with E-state index in [1.165, 1.54) is 18.2 Å². The molecular formula is C47H44ClFN6O7. The van der Waals surface area contributed by atoms with Gasteiger partial charge >= 0.3 is 11.6 Å². The molecule has 2 amide bonds. The Bertz CT molecular complexity index is 2780. The first-order chi connectivity index (χ1) is 29.6. The molecule has 62 heavy (non-hydrogen) atoms. The lowest BCUT2D eigenvalue weighted by Gasteiger charge is -2.24. The summed E-state index contributed by atoms with van der Waals surface area (Å²) in [5, 5.41) is 16.4. The van der Waals surface area contributed by atoms with E-state index in [2.05, 4.69) is 20.9 Å². The maximum Gasteiger partial charge on any atom is 0.345 e. The van der Waals surface area contributed by atoms with Gasteiger partial charge in [0.1, 0.15) is 17.1 Å². The number of esters is 1. The fraction of sp³-hybridized carbons (Fsp3) is 0.213. The number of hydrogen-bond acceptors (Lipinski definition) is 10. The van der Waals surface area contributed by atoms with E-state index >= 15 is 0 Å². The molecule has 13 nitrogen and oxygen atoms in total. The van der Waals surface area contributed by atoms with Gasteiger partial charge in [0.25, 0.3) is 11.8 Å². The third-order valence-corrected chi connectivity index (χ3v) is 10.8. The average molecular weight is 859 g/mol. The summed E-state index contributed by atoms with van der Waals surface area (Å²) in [5.74, 6) is -0.848. The zero-order valence-corrected chi connectivity index (χ0v) is 35.0. The molecule has 0 bridgehead atoms. The zero-order valence-electron chi connectivity index (χ0n) is 34.2. The number of fused-ring (bicyclic) bond motifs is 2. The molecule has 2 aromatic heterocycles. The fourth-order valence-corrected chi connectivity index (χ4v) is 7.66. The molecule has 6 aromatic rings. The van der Waals surface area contributed by atoms with E-state index in [4.69, 9.17) is 19.0 Å².